The van der Waals surface area contributed by atoms with Crippen molar-refractivity contribution in [1.29, 1.82) is 0 Å². The van der Waals surface area contributed by atoms with E-state index in [4.69, 9.17) is 0 Å². The number of hydrogen-bond acceptors (Lipinski definition) is 1. The highest BCUT2D eigenvalue weighted by Gasteiger charge is 2.09. The van der Waals surface area contributed by atoms with Crippen molar-refractivity contribution in [2.45, 2.75) is 53.4 Å². The van der Waals surface area contributed by atoms with Gasteiger partial charge in [-0.05, 0) is 44.4 Å². The molecule has 0 N–H and O–H groups in total. The van der Waals surface area contributed by atoms with Crippen LogP contribution in [0.25, 0.3) is 0 Å². The van der Waals surface area contributed by atoms with E-state index in [-0.39, 0.29) is 0 Å². The molecule has 1 rings (SSSR count). The third-order valence-electron chi connectivity index (χ3n) is 3.73. The molecule has 0 spiro atoms. The standard InChI is InChI=1S/C18H31N/c1-5-18(6-2)19(15-16(3)4)14-10-13-17-11-8-7-9-12-17/h5,7-8,10,13,16-17H,6,9,11-12,14-15H2,1-4H3/b13-10-,18-5+. The van der Waals surface area contributed by atoms with Gasteiger partial charge in [0.15, 0.2) is 0 Å². The molecule has 19 heavy (non-hydrogen) atoms. The molecule has 108 valence electrons. The molecule has 1 aliphatic rings. The van der Waals surface area contributed by atoms with Crippen molar-refractivity contribution in [2.75, 3.05) is 13.1 Å². The van der Waals surface area contributed by atoms with Gasteiger partial charge in [0, 0.05) is 18.8 Å². The van der Waals surface area contributed by atoms with E-state index in [1.807, 2.05) is 0 Å². The lowest BCUT2D eigenvalue weighted by Crippen LogP contribution is -2.27. The number of nitrogens with zero attached hydrogens (tertiary/aromatic N) is 1. The molecule has 0 aromatic rings. The van der Waals surface area contributed by atoms with Crippen molar-refractivity contribution < 1.29 is 0 Å². The lowest BCUT2D eigenvalue weighted by molar-refractivity contribution is 0.323. The normalized spacial score (nSPS) is 20.5. The molecule has 1 nitrogen and oxygen atoms in total. The van der Waals surface area contributed by atoms with Gasteiger partial charge in [0.25, 0.3) is 0 Å². The Bertz CT molecular complexity index is 323. The van der Waals surface area contributed by atoms with Crippen molar-refractivity contribution >= 4 is 0 Å². The zero-order valence-electron chi connectivity index (χ0n) is 13.2. The van der Waals surface area contributed by atoms with Crippen molar-refractivity contribution in [3.63, 3.8) is 0 Å². The molecule has 1 unspecified atom stereocenters. The lowest BCUT2D eigenvalue weighted by Gasteiger charge is -2.28. The Labute approximate surface area is 120 Å². The Morgan fingerprint density at radius 1 is 1.37 bits per heavy atom. The molecule has 0 heterocycles. The van der Waals surface area contributed by atoms with Crippen molar-refractivity contribution in [2.24, 2.45) is 11.8 Å². The zero-order valence-corrected chi connectivity index (χ0v) is 13.2. The van der Waals surface area contributed by atoms with Crippen LogP contribution in [0.5, 0.6) is 0 Å². The third kappa shape index (κ3) is 6.13. The van der Waals surface area contributed by atoms with Crippen LogP contribution < -0.4 is 0 Å². The fourth-order valence-corrected chi connectivity index (χ4v) is 2.73. The summed E-state index contributed by atoms with van der Waals surface area (Å²) in [4.78, 5) is 2.53. The highest BCUT2D eigenvalue weighted by molar-refractivity contribution is 5.04. The van der Waals surface area contributed by atoms with Crippen LogP contribution in [-0.4, -0.2) is 18.0 Å². The summed E-state index contributed by atoms with van der Waals surface area (Å²) in [6, 6.07) is 0. The van der Waals surface area contributed by atoms with Gasteiger partial charge in [-0.1, -0.05) is 51.2 Å². The minimum absolute atomic E-state index is 0.715. The van der Waals surface area contributed by atoms with Gasteiger partial charge in [0.2, 0.25) is 0 Å². The van der Waals surface area contributed by atoms with Crippen LogP contribution in [0.2, 0.25) is 0 Å². The van der Waals surface area contributed by atoms with E-state index in [0.717, 1.165) is 25.4 Å². The fourth-order valence-electron chi connectivity index (χ4n) is 2.73. The smallest absolute Gasteiger partial charge is 0.0356 e. The molecule has 0 aromatic carbocycles. The van der Waals surface area contributed by atoms with Gasteiger partial charge in [0.05, 0.1) is 0 Å². The number of allylic oxidation sites excluding steroid dienone is 5. The molecule has 0 saturated carbocycles. The first-order valence-corrected chi connectivity index (χ1v) is 7.89. The molecule has 0 aromatic heterocycles. The van der Waals surface area contributed by atoms with E-state index in [9.17, 15) is 0 Å². The maximum Gasteiger partial charge on any atom is 0.0356 e. The quantitative estimate of drug-likeness (QED) is 0.571. The molecule has 0 aliphatic heterocycles. The topological polar surface area (TPSA) is 3.24 Å². The molecule has 0 saturated heterocycles. The van der Waals surface area contributed by atoms with Crippen LogP contribution in [0.15, 0.2) is 36.1 Å². The predicted octanol–water partition coefficient (Wildman–Crippen LogP) is 5.17. The second-order valence-electron chi connectivity index (χ2n) is 5.91. The summed E-state index contributed by atoms with van der Waals surface area (Å²) in [5.74, 6) is 1.48. The van der Waals surface area contributed by atoms with Gasteiger partial charge in [-0.25, -0.2) is 0 Å². The zero-order chi connectivity index (χ0) is 14.1. The van der Waals surface area contributed by atoms with Crippen LogP contribution in [0.4, 0.5) is 0 Å². The largest absolute Gasteiger partial charge is 0.371 e. The van der Waals surface area contributed by atoms with E-state index in [1.54, 1.807) is 0 Å². The van der Waals surface area contributed by atoms with Crippen LogP contribution in [0.1, 0.15) is 53.4 Å². The number of hydrogen-bond donors (Lipinski definition) is 0. The summed E-state index contributed by atoms with van der Waals surface area (Å²) in [6.45, 7) is 11.2. The summed E-state index contributed by atoms with van der Waals surface area (Å²) in [5, 5.41) is 0. The Kier molecular flexibility index (Phi) is 7.62. The maximum atomic E-state index is 2.53. The molecule has 1 aliphatic carbocycles. The summed E-state index contributed by atoms with van der Waals surface area (Å²) >= 11 is 0. The van der Waals surface area contributed by atoms with E-state index >= 15 is 0 Å². The van der Waals surface area contributed by atoms with Crippen molar-refractivity contribution in [1.82, 2.24) is 4.90 Å². The highest BCUT2D eigenvalue weighted by atomic mass is 15.1. The van der Waals surface area contributed by atoms with Crippen LogP contribution in [0.3, 0.4) is 0 Å². The molecule has 0 amide bonds. The second kappa shape index (κ2) is 9.01. The van der Waals surface area contributed by atoms with Crippen LogP contribution in [0, 0.1) is 11.8 Å². The van der Waals surface area contributed by atoms with E-state index < -0.39 is 0 Å². The first-order valence-electron chi connectivity index (χ1n) is 7.89. The van der Waals surface area contributed by atoms with Gasteiger partial charge in [-0.2, -0.15) is 0 Å². The second-order valence-corrected chi connectivity index (χ2v) is 5.91. The predicted molar refractivity (Wildman–Crippen MR) is 86.1 cm³/mol. The van der Waals surface area contributed by atoms with Crippen LogP contribution >= 0.6 is 0 Å². The Balaban J connectivity index is 2.51. The SMILES string of the molecule is C/C=C(\CC)N(C/C=C\C1CC=CCC1)CC(C)C. The Hall–Kier alpha value is -0.980. The van der Waals surface area contributed by atoms with Gasteiger partial charge < -0.3 is 4.90 Å². The Morgan fingerprint density at radius 2 is 2.16 bits per heavy atom. The molecule has 1 atom stereocenters. The fraction of sp³-hybridized carbons (Fsp3) is 0.667. The maximum absolute atomic E-state index is 2.53. The van der Waals surface area contributed by atoms with Crippen molar-refractivity contribution in [3.8, 4) is 0 Å². The first kappa shape index (κ1) is 16.1. The van der Waals surface area contributed by atoms with Crippen molar-refractivity contribution in [3.05, 3.63) is 36.1 Å². The highest BCUT2D eigenvalue weighted by Crippen LogP contribution is 2.19. The van der Waals surface area contributed by atoms with Gasteiger partial charge >= 0.3 is 0 Å². The molecular weight excluding hydrogens is 230 g/mol. The van der Waals surface area contributed by atoms with Gasteiger partial charge in [-0.15, -0.1) is 0 Å². The van der Waals surface area contributed by atoms with Gasteiger partial charge in [-0.3, -0.25) is 0 Å². The van der Waals surface area contributed by atoms with Crippen LogP contribution in [-0.2, 0) is 0 Å². The van der Waals surface area contributed by atoms with E-state index in [0.29, 0.717) is 5.92 Å². The monoisotopic (exact) mass is 261 g/mol. The molecule has 0 bridgehead atoms. The first-order chi connectivity index (χ1) is 9.17. The Morgan fingerprint density at radius 3 is 2.68 bits per heavy atom. The van der Waals surface area contributed by atoms with Gasteiger partial charge in [0.1, 0.15) is 0 Å². The minimum Gasteiger partial charge on any atom is -0.371 e. The third-order valence-corrected chi connectivity index (χ3v) is 3.73. The summed E-state index contributed by atoms with van der Waals surface area (Å²) < 4.78 is 0. The molecular formula is C18H31N. The molecule has 0 fully saturated rings. The van der Waals surface area contributed by atoms with E-state index in [1.165, 1.54) is 25.0 Å². The summed E-state index contributed by atoms with van der Waals surface area (Å²) in [5.41, 5.74) is 1.47. The average molecular weight is 261 g/mol. The lowest BCUT2D eigenvalue weighted by atomic mass is 9.94. The summed E-state index contributed by atoms with van der Waals surface area (Å²) in [6.07, 6.45) is 16.6. The van der Waals surface area contributed by atoms with E-state index in [2.05, 4.69) is 63.0 Å². The summed E-state index contributed by atoms with van der Waals surface area (Å²) in [7, 11) is 0. The number of rotatable bonds is 7. The minimum atomic E-state index is 0.715. The molecule has 0 radical (unpaired) electrons. The molecule has 1 heteroatoms. The average Bonchev–Trinajstić information content (AvgIpc) is 2.40.